The van der Waals surface area contributed by atoms with Gasteiger partial charge in [-0.05, 0) is 18.2 Å². The summed E-state index contributed by atoms with van der Waals surface area (Å²) < 4.78 is 15.6. The van der Waals surface area contributed by atoms with Gasteiger partial charge in [-0.1, -0.05) is 48.0 Å². The lowest BCUT2D eigenvalue weighted by molar-refractivity contribution is 0.102. The molecule has 0 saturated heterocycles. The Balaban J connectivity index is 1.79. The fourth-order valence-electron chi connectivity index (χ4n) is 4.60. The van der Waals surface area contributed by atoms with E-state index < -0.39 is 11.2 Å². The summed E-state index contributed by atoms with van der Waals surface area (Å²) in [5.41, 5.74) is 1.95. The Morgan fingerprint density at radius 1 is 0.872 bits per heavy atom. The zero-order valence-electron chi connectivity index (χ0n) is 21.7. The van der Waals surface area contributed by atoms with Crippen LogP contribution in [0.2, 0.25) is 5.02 Å². The first-order valence-electron chi connectivity index (χ1n) is 12.0. The number of benzene rings is 3. The molecule has 198 valence electrons. The van der Waals surface area contributed by atoms with Crippen LogP contribution in [0.5, 0.6) is 11.5 Å². The maximum absolute atomic E-state index is 13.4. The highest BCUT2D eigenvalue weighted by molar-refractivity contribution is 6.33. The number of nitrogens with zero attached hydrogens (tertiary/aromatic N) is 3. The molecule has 0 spiro atoms. The Morgan fingerprint density at radius 2 is 1.54 bits per heavy atom. The minimum atomic E-state index is -0.459. The lowest BCUT2D eigenvalue weighted by atomic mass is 10.1. The Bertz CT molecular complexity index is 1850. The molecule has 1 N–H and O–H groups in total. The number of hydrogen-bond acceptors (Lipinski definition) is 5. The van der Waals surface area contributed by atoms with Crippen LogP contribution in [0.15, 0.2) is 82.5 Å². The van der Waals surface area contributed by atoms with Crippen molar-refractivity contribution >= 4 is 34.1 Å². The Morgan fingerprint density at radius 3 is 2.21 bits per heavy atom. The monoisotopic (exact) mass is 544 g/mol. The SMILES string of the molecule is COc1cc(-n2cc3c(c2-c2ccccc2Cl)c(=O)n(C)c(=O)n3C)c(OC)cc1NC(=O)c1ccccc1. The number of aryl methyl sites for hydroxylation is 1. The van der Waals surface area contributed by atoms with E-state index in [9.17, 15) is 14.4 Å². The first-order chi connectivity index (χ1) is 18.8. The van der Waals surface area contributed by atoms with Gasteiger partial charge in [0.25, 0.3) is 11.5 Å². The summed E-state index contributed by atoms with van der Waals surface area (Å²) in [7, 11) is 6.03. The molecule has 0 radical (unpaired) electrons. The molecule has 0 aliphatic carbocycles. The van der Waals surface area contributed by atoms with Crippen molar-refractivity contribution in [2.24, 2.45) is 14.1 Å². The van der Waals surface area contributed by atoms with Crippen LogP contribution in [-0.4, -0.2) is 33.8 Å². The van der Waals surface area contributed by atoms with Crippen molar-refractivity contribution < 1.29 is 14.3 Å². The largest absolute Gasteiger partial charge is 0.494 e. The van der Waals surface area contributed by atoms with Crippen molar-refractivity contribution in [1.29, 1.82) is 0 Å². The molecule has 10 heteroatoms. The highest BCUT2D eigenvalue weighted by Crippen LogP contribution is 2.41. The smallest absolute Gasteiger partial charge is 0.330 e. The summed E-state index contributed by atoms with van der Waals surface area (Å²) >= 11 is 6.62. The highest BCUT2D eigenvalue weighted by atomic mass is 35.5. The summed E-state index contributed by atoms with van der Waals surface area (Å²) in [5.74, 6) is 0.431. The van der Waals surface area contributed by atoms with Crippen molar-refractivity contribution in [3.05, 3.63) is 104 Å². The van der Waals surface area contributed by atoms with Gasteiger partial charge in [-0.15, -0.1) is 0 Å². The lowest BCUT2D eigenvalue weighted by Gasteiger charge is -2.18. The summed E-state index contributed by atoms with van der Waals surface area (Å²) in [5, 5.41) is 3.61. The third-order valence-electron chi connectivity index (χ3n) is 6.61. The second-order valence-corrected chi connectivity index (χ2v) is 9.25. The maximum Gasteiger partial charge on any atom is 0.330 e. The molecular weight excluding hydrogens is 520 g/mol. The highest BCUT2D eigenvalue weighted by Gasteiger charge is 2.24. The van der Waals surface area contributed by atoms with Gasteiger partial charge in [0.15, 0.2) is 0 Å². The van der Waals surface area contributed by atoms with Gasteiger partial charge in [0.05, 0.1) is 42.2 Å². The number of carbonyl (C=O) groups is 1. The van der Waals surface area contributed by atoms with Crippen molar-refractivity contribution in [3.8, 4) is 28.4 Å². The number of carbonyl (C=O) groups excluding carboxylic acids is 1. The molecule has 1 amide bonds. The number of hydrogen-bond donors (Lipinski definition) is 1. The maximum atomic E-state index is 13.4. The molecule has 2 aromatic heterocycles. The van der Waals surface area contributed by atoms with Crippen LogP contribution >= 0.6 is 11.6 Å². The predicted octanol–water partition coefficient (Wildman–Crippen LogP) is 4.62. The predicted molar refractivity (Wildman–Crippen MR) is 152 cm³/mol. The molecular formula is C29H25ClN4O5. The number of anilines is 1. The van der Waals surface area contributed by atoms with Gasteiger partial charge in [0, 0.05) is 48.6 Å². The summed E-state index contributed by atoms with van der Waals surface area (Å²) in [6.07, 6.45) is 1.69. The Labute approximate surface area is 228 Å². The van der Waals surface area contributed by atoms with Gasteiger partial charge in [-0.25, -0.2) is 4.79 Å². The van der Waals surface area contributed by atoms with E-state index in [4.69, 9.17) is 21.1 Å². The summed E-state index contributed by atoms with van der Waals surface area (Å²) in [6.45, 7) is 0. The Kier molecular flexibility index (Phi) is 6.76. The molecule has 0 atom stereocenters. The molecule has 3 aromatic carbocycles. The minimum Gasteiger partial charge on any atom is -0.494 e. The van der Waals surface area contributed by atoms with Gasteiger partial charge in [0.2, 0.25) is 0 Å². The van der Waals surface area contributed by atoms with Gasteiger partial charge in [-0.3, -0.25) is 18.7 Å². The first kappa shape index (κ1) is 25.9. The van der Waals surface area contributed by atoms with Gasteiger partial charge >= 0.3 is 5.69 Å². The third-order valence-corrected chi connectivity index (χ3v) is 6.94. The van der Waals surface area contributed by atoms with Crippen LogP contribution in [0.25, 0.3) is 27.8 Å². The number of methoxy groups -OCH3 is 2. The van der Waals surface area contributed by atoms with E-state index in [1.165, 1.54) is 25.8 Å². The van der Waals surface area contributed by atoms with Crippen LogP contribution in [0.4, 0.5) is 5.69 Å². The molecule has 0 bridgehead atoms. The number of amides is 1. The van der Waals surface area contributed by atoms with E-state index in [1.54, 1.807) is 72.4 Å². The van der Waals surface area contributed by atoms with Crippen LogP contribution < -0.4 is 26.0 Å². The first-order valence-corrected chi connectivity index (χ1v) is 12.3. The molecule has 0 unspecified atom stereocenters. The van der Waals surface area contributed by atoms with Crippen molar-refractivity contribution in [2.45, 2.75) is 0 Å². The quantitative estimate of drug-likeness (QED) is 0.336. The normalized spacial score (nSPS) is 11.0. The van der Waals surface area contributed by atoms with E-state index in [1.807, 2.05) is 12.1 Å². The molecule has 2 heterocycles. The number of fused-ring (bicyclic) bond motifs is 1. The summed E-state index contributed by atoms with van der Waals surface area (Å²) in [6, 6.07) is 19.3. The molecule has 39 heavy (non-hydrogen) atoms. The average molecular weight is 545 g/mol. The van der Waals surface area contributed by atoms with E-state index in [2.05, 4.69) is 5.32 Å². The zero-order chi connectivity index (χ0) is 27.8. The molecule has 0 aliphatic rings. The van der Waals surface area contributed by atoms with Crippen molar-refractivity contribution in [1.82, 2.24) is 13.7 Å². The van der Waals surface area contributed by atoms with E-state index in [-0.39, 0.29) is 5.91 Å². The number of aromatic nitrogens is 3. The molecule has 0 saturated carbocycles. The second kappa shape index (κ2) is 10.2. The van der Waals surface area contributed by atoms with Crippen LogP contribution in [-0.2, 0) is 14.1 Å². The van der Waals surface area contributed by atoms with E-state index in [0.717, 1.165) is 4.57 Å². The second-order valence-electron chi connectivity index (χ2n) is 8.84. The molecule has 0 aliphatic heterocycles. The zero-order valence-corrected chi connectivity index (χ0v) is 22.4. The number of nitrogens with one attached hydrogen (secondary N) is 1. The number of ether oxygens (including phenoxy) is 2. The third kappa shape index (κ3) is 4.36. The van der Waals surface area contributed by atoms with Crippen molar-refractivity contribution in [2.75, 3.05) is 19.5 Å². The van der Waals surface area contributed by atoms with E-state index in [0.29, 0.717) is 55.6 Å². The average Bonchev–Trinajstić information content (AvgIpc) is 3.35. The molecule has 5 aromatic rings. The standard InChI is InChI=1S/C29H25ClN4O5/c1-32-22-16-34(26(18-12-8-9-13-19(18)30)25(22)28(36)33(2)29(32)37)21-15-23(38-3)20(14-24(21)39-4)31-27(35)17-10-6-5-7-11-17/h5-16H,1-4H3,(H,31,35). The van der Waals surface area contributed by atoms with Gasteiger partial charge in [-0.2, -0.15) is 0 Å². The number of rotatable bonds is 6. The van der Waals surface area contributed by atoms with Crippen LogP contribution in [0.1, 0.15) is 10.4 Å². The summed E-state index contributed by atoms with van der Waals surface area (Å²) in [4.78, 5) is 39.1. The molecule has 9 nitrogen and oxygen atoms in total. The molecule has 0 fully saturated rings. The molecule has 5 rings (SSSR count). The van der Waals surface area contributed by atoms with Crippen LogP contribution in [0, 0.1) is 0 Å². The van der Waals surface area contributed by atoms with Crippen molar-refractivity contribution in [3.63, 3.8) is 0 Å². The fourth-order valence-corrected chi connectivity index (χ4v) is 4.83. The van der Waals surface area contributed by atoms with Crippen LogP contribution in [0.3, 0.4) is 0 Å². The van der Waals surface area contributed by atoms with E-state index >= 15 is 0 Å². The number of halogens is 1. The van der Waals surface area contributed by atoms with Gasteiger partial charge in [0.1, 0.15) is 11.5 Å². The Hall–Kier alpha value is -4.76. The van der Waals surface area contributed by atoms with Gasteiger partial charge < -0.3 is 19.4 Å². The fraction of sp³-hybridized carbons (Fsp3) is 0.138. The lowest BCUT2D eigenvalue weighted by Crippen LogP contribution is -2.36. The topological polar surface area (TPSA) is 96.5 Å². The minimum absolute atomic E-state index is 0.314.